The largest absolute Gasteiger partial charge is 0.396 e. The highest BCUT2D eigenvalue weighted by molar-refractivity contribution is 4.45. The smallest absolute Gasteiger partial charge is 0.0431 e. The quantitative estimate of drug-likeness (QED) is 0.351. The predicted octanol–water partition coefficient (Wildman–Crippen LogP) is 0.0449. The number of rotatable bonds is 7. The topological polar surface area (TPSA) is 58.3 Å². The van der Waals surface area contributed by atoms with Crippen LogP contribution in [0.1, 0.15) is 25.7 Å². The molecule has 0 atom stereocenters. The highest BCUT2D eigenvalue weighted by Crippen LogP contribution is 1.96. The highest BCUT2D eigenvalue weighted by atomic mass is 16.2. The van der Waals surface area contributed by atoms with Gasteiger partial charge in [0, 0.05) is 13.3 Å². The Morgan fingerprint density at radius 1 is 1.10 bits per heavy atom. The van der Waals surface area contributed by atoms with Crippen LogP contribution in [0.4, 0.5) is 0 Å². The van der Waals surface area contributed by atoms with Gasteiger partial charge in [-0.3, -0.25) is 0 Å². The van der Waals surface area contributed by atoms with Crippen molar-refractivity contribution < 1.29 is 5.11 Å². The zero-order chi connectivity index (χ0) is 7.66. The third kappa shape index (κ3) is 7.88. The average molecular weight is 146 g/mol. The van der Waals surface area contributed by atoms with Crippen molar-refractivity contribution in [3.05, 3.63) is 0 Å². The van der Waals surface area contributed by atoms with E-state index in [0.717, 1.165) is 25.8 Å². The summed E-state index contributed by atoms with van der Waals surface area (Å²) < 4.78 is 0. The lowest BCUT2D eigenvalue weighted by Gasteiger charge is -1.99. The summed E-state index contributed by atoms with van der Waals surface area (Å²) in [4.78, 5) is 0. The van der Waals surface area contributed by atoms with Gasteiger partial charge in [-0.05, 0) is 19.4 Å². The molecule has 0 radical (unpaired) electrons. The number of nitrogens with one attached hydrogen (secondary N) is 1. The second-order valence-electron chi connectivity index (χ2n) is 2.34. The maximum Gasteiger partial charge on any atom is 0.0431 e. The van der Waals surface area contributed by atoms with E-state index in [4.69, 9.17) is 10.8 Å². The standard InChI is InChI=1S/C7H18N2O/c8-7-9-5-3-1-2-4-6-10/h9-10H,1-8H2. The van der Waals surface area contributed by atoms with Crippen LogP contribution < -0.4 is 11.1 Å². The fourth-order valence-corrected chi connectivity index (χ4v) is 0.817. The molecule has 0 saturated heterocycles. The van der Waals surface area contributed by atoms with Crippen molar-refractivity contribution in [2.45, 2.75) is 25.7 Å². The van der Waals surface area contributed by atoms with Crippen LogP contribution in [0.25, 0.3) is 0 Å². The molecule has 0 aliphatic rings. The lowest BCUT2D eigenvalue weighted by molar-refractivity contribution is 0.282. The first-order valence-corrected chi connectivity index (χ1v) is 3.93. The lowest BCUT2D eigenvalue weighted by Crippen LogP contribution is -2.23. The van der Waals surface area contributed by atoms with E-state index in [1.807, 2.05) is 0 Å². The zero-order valence-electron chi connectivity index (χ0n) is 6.47. The van der Waals surface area contributed by atoms with Gasteiger partial charge in [-0.1, -0.05) is 12.8 Å². The van der Waals surface area contributed by atoms with Gasteiger partial charge in [0.15, 0.2) is 0 Å². The summed E-state index contributed by atoms with van der Waals surface area (Å²) in [6.07, 6.45) is 4.41. The Hall–Kier alpha value is -0.120. The fraction of sp³-hybridized carbons (Fsp3) is 1.00. The van der Waals surface area contributed by atoms with Crippen LogP contribution in [0.3, 0.4) is 0 Å². The Labute approximate surface area is 62.6 Å². The van der Waals surface area contributed by atoms with Crippen molar-refractivity contribution in [1.82, 2.24) is 5.32 Å². The monoisotopic (exact) mass is 146 g/mol. The van der Waals surface area contributed by atoms with E-state index in [1.165, 1.54) is 6.42 Å². The first-order chi connectivity index (χ1) is 4.91. The minimum atomic E-state index is 0.324. The van der Waals surface area contributed by atoms with E-state index in [1.54, 1.807) is 0 Å². The minimum absolute atomic E-state index is 0.324. The lowest BCUT2D eigenvalue weighted by atomic mass is 10.2. The van der Waals surface area contributed by atoms with Crippen molar-refractivity contribution in [3.63, 3.8) is 0 Å². The van der Waals surface area contributed by atoms with Gasteiger partial charge in [0.25, 0.3) is 0 Å². The van der Waals surface area contributed by atoms with Gasteiger partial charge in [0.1, 0.15) is 0 Å². The third-order valence-corrected chi connectivity index (χ3v) is 1.41. The second-order valence-corrected chi connectivity index (χ2v) is 2.34. The average Bonchev–Trinajstić information content (AvgIpc) is 1.97. The number of hydrogen-bond acceptors (Lipinski definition) is 3. The van der Waals surface area contributed by atoms with E-state index < -0.39 is 0 Å². The Morgan fingerprint density at radius 2 is 1.80 bits per heavy atom. The number of aliphatic hydroxyl groups excluding tert-OH is 1. The van der Waals surface area contributed by atoms with Crippen LogP contribution in [0.2, 0.25) is 0 Å². The molecule has 0 saturated carbocycles. The van der Waals surface area contributed by atoms with Gasteiger partial charge < -0.3 is 16.2 Å². The molecule has 0 rings (SSSR count). The molecular formula is C7H18N2O. The summed E-state index contributed by atoms with van der Waals surface area (Å²) in [6, 6.07) is 0. The Kier molecular flexibility index (Phi) is 8.77. The van der Waals surface area contributed by atoms with Crippen LogP contribution in [-0.4, -0.2) is 24.9 Å². The van der Waals surface area contributed by atoms with Crippen LogP contribution in [0.15, 0.2) is 0 Å². The molecule has 0 bridgehead atoms. The second kappa shape index (κ2) is 8.88. The van der Waals surface area contributed by atoms with Gasteiger partial charge in [-0.2, -0.15) is 0 Å². The van der Waals surface area contributed by atoms with E-state index in [0.29, 0.717) is 13.3 Å². The fourth-order valence-electron chi connectivity index (χ4n) is 0.817. The van der Waals surface area contributed by atoms with Crippen molar-refractivity contribution in [1.29, 1.82) is 0 Å². The predicted molar refractivity (Wildman–Crippen MR) is 42.6 cm³/mol. The van der Waals surface area contributed by atoms with Crippen LogP contribution in [0, 0.1) is 0 Å². The molecule has 0 heterocycles. The molecule has 0 aromatic heterocycles. The van der Waals surface area contributed by atoms with Crippen LogP contribution in [0.5, 0.6) is 0 Å². The van der Waals surface area contributed by atoms with Gasteiger partial charge >= 0.3 is 0 Å². The van der Waals surface area contributed by atoms with E-state index in [2.05, 4.69) is 5.32 Å². The Morgan fingerprint density at radius 3 is 2.40 bits per heavy atom. The summed E-state index contributed by atoms with van der Waals surface area (Å²) in [5.41, 5.74) is 5.22. The third-order valence-electron chi connectivity index (χ3n) is 1.41. The first-order valence-electron chi connectivity index (χ1n) is 3.93. The number of aliphatic hydroxyl groups is 1. The Bertz CT molecular complexity index is 51.6. The number of nitrogens with two attached hydrogens (primary N) is 1. The summed E-state index contributed by atoms with van der Waals surface area (Å²) >= 11 is 0. The summed E-state index contributed by atoms with van der Waals surface area (Å²) in [6.45, 7) is 1.90. The summed E-state index contributed by atoms with van der Waals surface area (Å²) in [5, 5.41) is 11.5. The zero-order valence-corrected chi connectivity index (χ0v) is 6.47. The molecule has 3 nitrogen and oxygen atoms in total. The van der Waals surface area contributed by atoms with Gasteiger partial charge in [0.05, 0.1) is 0 Å². The molecule has 0 aliphatic heterocycles. The molecule has 3 heteroatoms. The van der Waals surface area contributed by atoms with E-state index in [-0.39, 0.29) is 0 Å². The SMILES string of the molecule is NCNCCCCCCO. The van der Waals surface area contributed by atoms with Gasteiger partial charge in [-0.25, -0.2) is 0 Å². The highest BCUT2D eigenvalue weighted by Gasteiger charge is 1.87. The molecule has 10 heavy (non-hydrogen) atoms. The van der Waals surface area contributed by atoms with Crippen LogP contribution in [-0.2, 0) is 0 Å². The van der Waals surface area contributed by atoms with Gasteiger partial charge in [-0.15, -0.1) is 0 Å². The minimum Gasteiger partial charge on any atom is -0.396 e. The van der Waals surface area contributed by atoms with Crippen molar-refractivity contribution >= 4 is 0 Å². The van der Waals surface area contributed by atoms with E-state index in [9.17, 15) is 0 Å². The molecule has 62 valence electrons. The van der Waals surface area contributed by atoms with Gasteiger partial charge in [0.2, 0.25) is 0 Å². The maximum absolute atomic E-state index is 8.43. The van der Waals surface area contributed by atoms with Crippen LogP contribution >= 0.6 is 0 Å². The first kappa shape index (κ1) is 9.88. The number of hydrogen-bond donors (Lipinski definition) is 3. The molecule has 0 unspecified atom stereocenters. The molecular weight excluding hydrogens is 128 g/mol. The molecule has 0 aromatic rings. The van der Waals surface area contributed by atoms with E-state index >= 15 is 0 Å². The van der Waals surface area contributed by atoms with Crippen molar-refractivity contribution in [2.24, 2.45) is 5.73 Å². The molecule has 0 fully saturated rings. The molecule has 0 aromatic carbocycles. The Balaban J connectivity index is 2.65. The normalized spacial score (nSPS) is 10.2. The molecule has 0 amide bonds. The van der Waals surface area contributed by atoms with Crippen molar-refractivity contribution in [2.75, 3.05) is 19.8 Å². The van der Waals surface area contributed by atoms with Crippen molar-refractivity contribution in [3.8, 4) is 0 Å². The summed E-state index contributed by atoms with van der Waals surface area (Å²) in [7, 11) is 0. The molecule has 0 aliphatic carbocycles. The summed E-state index contributed by atoms with van der Waals surface area (Å²) in [5.74, 6) is 0. The number of unbranched alkanes of at least 4 members (excludes halogenated alkanes) is 3. The maximum atomic E-state index is 8.43. The molecule has 4 N–H and O–H groups in total. The molecule has 0 spiro atoms.